The second-order valence-corrected chi connectivity index (χ2v) is 7.93. The summed E-state index contributed by atoms with van der Waals surface area (Å²) in [5, 5.41) is 7.45. The van der Waals surface area contributed by atoms with Gasteiger partial charge in [0.15, 0.2) is 0 Å². The lowest BCUT2D eigenvalue weighted by atomic mass is 9.95. The maximum atomic E-state index is 13.0. The first-order valence-electron chi connectivity index (χ1n) is 10.6. The normalized spacial score (nSPS) is 15.2. The van der Waals surface area contributed by atoms with Crippen LogP contribution in [0.4, 0.5) is 0 Å². The molecule has 3 aromatic rings. The SMILES string of the molecule is COc1ccc(CCC(=O)N2Cc3cn(C)nc3[C@@H](C(=O)NCc3ccccn3)C2)cc1. The van der Waals surface area contributed by atoms with Crippen LogP contribution in [0.1, 0.15) is 34.9 Å². The molecule has 1 atom stereocenters. The topological polar surface area (TPSA) is 89.4 Å². The Balaban J connectivity index is 1.42. The monoisotopic (exact) mass is 433 g/mol. The molecule has 8 nitrogen and oxygen atoms in total. The van der Waals surface area contributed by atoms with E-state index in [4.69, 9.17) is 4.74 Å². The molecule has 3 heterocycles. The zero-order valence-corrected chi connectivity index (χ0v) is 18.3. The van der Waals surface area contributed by atoms with Crippen LogP contribution in [0.25, 0.3) is 0 Å². The van der Waals surface area contributed by atoms with Crippen molar-refractivity contribution in [3.8, 4) is 5.75 Å². The maximum Gasteiger partial charge on any atom is 0.231 e. The average Bonchev–Trinajstić information content (AvgIpc) is 3.21. The van der Waals surface area contributed by atoms with E-state index in [1.54, 1.807) is 22.9 Å². The highest BCUT2D eigenvalue weighted by Gasteiger charge is 2.35. The Morgan fingerprint density at radius 2 is 2.00 bits per heavy atom. The number of nitrogens with zero attached hydrogens (tertiary/aromatic N) is 4. The minimum atomic E-state index is -0.506. The lowest BCUT2D eigenvalue weighted by Crippen LogP contribution is -2.43. The van der Waals surface area contributed by atoms with Crippen LogP contribution in [0.15, 0.2) is 54.9 Å². The molecule has 2 aromatic heterocycles. The third-order valence-corrected chi connectivity index (χ3v) is 5.66. The van der Waals surface area contributed by atoms with Gasteiger partial charge in [-0.05, 0) is 36.2 Å². The molecule has 0 radical (unpaired) electrons. The van der Waals surface area contributed by atoms with Gasteiger partial charge in [0, 0.05) is 44.5 Å². The number of fused-ring (bicyclic) bond motifs is 1. The minimum absolute atomic E-state index is 0.0258. The predicted octanol–water partition coefficient (Wildman–Crippen LogP) is 2.20. The van der Waals surface area contributed by atoms with Gasteiger partial charge in [-0.3, -0.25) is 19.3 Å². The zero-order chi connectivity index (χ0) is 22.5. The third kappa shape index (κ3) is 4.96. The number of ether oxygens (including phenoxy) is 1. The van der Waals surface area contributed by atoms with Gasteiger partial charge in [0.2, 0.25) is 11.8 Å². The lowest BCUT2D eigenvalue weighted by molar-refractivity contribution is -0.133. The van der Waals surface area contributed by atoms with Crippen molar-refractivity contribution in [2.75, 3.05) is 13.7 Å². The first kappa shape index (κ1) is 21.5. The van der Waals surface area contributed by atoms with Crippen LogP contribution in [-0.2, 0) is 36.1 Å². The second-order valence-electron chi connectivity index (χ2n) is 7.93. The molecule has 0 saturated carbocycles. The smallest absolute Gasteiger partial charge is 0.231 e. The molecule has 8 heteroatoms. The van der Waals surface area contributed by atoms with Crippen LogP contribution in [0, 0.1) is 0 Å². The average molecular weight is 434 g/mol. The van der Waals surface area contributed by atoms with Gasteiger partial charge in [-0.1, -0.05) is 18.2 Å². The number of carbonyl (C=O) groups excluding carboxylic acids is 2. The molecule has 0 bridgehead atoms. The summed E-state index contributed by atoms with van der Waals surface area (Å²) >= 11 is 0. The van der Waals surface area contributed by atoms with Crippen molar-refractivity contribution < 1.29 is 14.3 Å². The molecule has 1 aliphatic rings. The van der Waals surface area contributed by atoms with Gasteiger partial charge in [0.05, 0.1) is 31.0 Å². The fourth-order valence-electron chi connectivity index (χ4n) is 3.95. The summed E-state index contributed by atoms with van der Waals surface area (Å²) in [6, 6.07) is 13.3. The van der Waals surface area contributed by atoms with Gasteiger partial charge in [-0.25, -0.2) is 0 Å². The minimum Gasteiger partial charge on any atom is -0.497 e. The largest absolute Gasteiger partial charge is 0.497 e. The number of methoxy groups -OCH3 is 1. The molecule has 32 heavy (non-hydrogen) atoms. The Labute approximate surface area is 187 Å². The van der Waals surface area contributed by atoms with Crippen molar-refractivity contribution in [3.05, 3.63) is 77.4 Å². The number of pyridine rings is 1. The van der Waals surface area contributed by atoms with E-state index in [0.717, 1.165) is 28.3 Å². The van der Waals surface area contributed by atoms with E-state index >= 15 is 0 Å². The zero-order valence-electron chi connectivity index (χ0n) is 18.3. The van der Waals surface area contributed by atoms with Crippen LogP contribution in [0.3, 0.4) is 0 Å². The van der Waals surface area contributed by atoms with E-state index in [1.165, 1.54) is 0 Å². The molecule has 0 fully saturated rings. The van der Waals surface area contributed by atoms with Crippen molar-refractivity contribution in [1.29, 1.82) is 0 Å². The van der Waals surface area contributed by atoms with Crippen LogP contribution in [0.2, 0.25) is 0 Å². The first-order valence-corrected chi connectivity index (χ1v) is 10.6. The molecule has 0 unspecified atom stereocenters. The summed E-state index contributed by atoms with van der Waals surface area (Å²) in [6.45, 7) is 1.12. The van der Waals surface area contributed by atoms with E-state index in [-0.39, 0.29) is 11.8 Å². The summed E-state index contributed by atoms with van der Waals surface area (Å²) < 4.78 is 6.89. The third-order valence-electron chi connectivity index (χ3n) is 5.66. The van der Waals surface area contributed by atoms with E-state index in [2.05, 4.69) is 15.4 Å². The highest BCUT2D eigenvalue weighted by Crippen LogP contribution is 2.28. The molecule has 0 saturated heterocycles. The van der Waals surface area contributed by atoms with Crippen molar-refractivity contribution in [2.45, 2.75) is 31.8 Å². The molecule has 1 aromatic carbocycles. The summed E-state index contributed by atoms with van der Waals surface area (Å²) in [6.07, 6.45) is 4.60. The Kier molecular flexibility index (Phi) is 6.49. The molecule has 0 spiro atoms. The van der Waals surface area contributed by atoms with E-state index < -0.39 is 5.92 Å². The number of amides is 2. The quantitative estimate of drug-likeness (QED) is 0.617. The van der Waals surface area contributed by atoms with E-state index in [1.807, 2.05) is 55.7 Å². The molecule has 166 valence electrons. The number of aryl methyl sites for hydroxylation is 2. The second kappa shape index (κ2) is 9.64. The Hall–Kier alpha value is -3.68. The number of rotatable bonds is 7. The van der Waals surface area contributed by atoms with Crippen molar-refractivity contribution in [3.63, 3.8) is 0 Å². The van der Waals surface area contributed by atoms with E-state index in [9.17, 15) is 9.59 Å². The molecule has 2 amide bonds. The van der Waals surface area contributed by atoms with Crippen LogP contribution in [-0.4, -0.2) is 45.1 Å². The molecule has 4 rings (SSSR count). The van der Waals surface area contributed by atoms with Crippen molar-refractivity contribution in [2.24, 2.45) is 7.05 Å². The maximum absolute atomic E-state index is 13.0. The van der Waals surface area contributed by atoms with Gasteiger partial charge < -0.3 is 15.0 Å². The number of hydrogen-bond acceptors (Lipinski definition) is 5. The fraction of sp³-hybridized carbons (Fsp3) is 0.333. The van der Waals surface area contributed by atoms with Crippen LogP contribution in [0.5, 0.6) is 5.75 Å². The van der Waals surface area contributed by atoms with Gasteiger partial charge >= 0.3 is 0 Å². The number of benzene rings is 1. The van der Waals surface area contributed by atoms with Crippen LogP contribution >= 0.6 is 0 Å². The first-order chi connectivity index (χ1) is 15.5. The number of carbonyl (C=O) groups is 2. The van der Waals surface area contributed by atoms with Gasteiger partial charge in [-0.15, -0.1) is 0 Å². The summed E-state index contributed by atoms with van der Waals surface area (Å²) in [7, 11) is 3.46. The van der Waals surface area contributed by atoms with Gasteiger partial charge in [0.25, 0.3) is 0 Å². The number of hydrogen-bond donors (Lipinski definition) is 1. The predicted molar refractivity (Wildman–Crippen MR) is 119 cm³/mol. The van der Waals surface area contributed by atoms with Crippen LogP contribution < -0.4 is 10.1 Å². The summed E-state index contributed by atoms with van der Waals surface area (Å²) in [5.74, 6) is 0.162. The van der Waals surface area contributed by atoms with Crippen molar-refractivity contribution >= 4 is 11.8 Å². The molecular weight excluding hydrogens is 406 g/mol. The highest BCUT2D eigenvalue weighted by molar-refractivity contribution is 5.86. The van der Waals surface area contributed by atoms with Crippen molar-refractivity contribution in [1.82, 2.24) is 25.0 Å². The highest BCUT2D eigenvalue weighted by atomic mass is 16.5. The lowest BCUT2D eigenvalue weighted by Gasteiger charge is -2.31. The number of nitrogens with one attached hydrogen (secondary N) is 1. The Morgan fingerprint density at radius 3 is 2.72 bits per heavy atom. The Morgan fingerprint density at radius 1 is 1.19 bits per heavy atom. The molecule has 0 aliphatic carbocycles. The van der Waals surface area contributed by atoms with Gasteiger partial charge in [-0.2, -0.15) is 5.10 Å². The van der Waals surface area contributed by atoms with E-state index in [0.29, 0.717) is 32.5 Å². The molecule has 1 aliphatic heterocycles. The number of aromatic nitrogens is 3. The summed E-state index contributed by atoms with van der Waals surface area (Å²) in [4.78, 5) is 32.0. The van der Waals surface area contributed by atoms with Gasteiger partial charge in [0.1, 0.15) is 5.75 Å². The summed E-state index contributed by atoms with van der Waals surface area (Å²) in [5.41, 5.74) is 3.51. The Bertz CT molecular complexity index is 1080. The molecular formula is C24H27N5O3. The standard InChI is InChI=1S/C24H27N5O3/c1-28-14-18-15-29(22(30)11-8-17-6-9-20(32-2)10-7-17)16-21(23(18)27-28)24(31)26-13-19-5-3-4-12-25-19/h3-7,9-10,12,14,21H,8,11,13,15-16H2,1-2H3,(H,26,31)/t21-/m0/s1. The molecule has 1 N–H and O–H groups in total. The fourth-order valence-corrected chi connectivity index (χ4v) is 3.95.